The molecule has 2 rings (SSSR count). The van der Waals surface area contributed by atoms with Crippen molar-refractivity contribution in [2.45, 2.75) is 33.2 Å². The van der Waals surface area contributed by atoms with Crippen molar-refractivity contribution in [1.29, 1.82) is 0 Å². The largest absolute Gasteiger partial charge is 0.348 e. The number of hydrogen-bond acceptors (Lipinski definition) is 1. The van der Waals surface area contributed by atoms with Crippen LogP contribution in [0.25, 0.3) is 4.48 Å². The number of hydrogen-bond donors (Lipinski definition) is 0. The monoisotopic (exact) mass is 281 g/mol. The highest BCUT2D eigenvalue weighted by Gasteiger charge is 2.23. The van der Waals surface area contributed by atoms with Crippen LogP contribution in [-0.4, -0.2) is 10.9 Å². The van der Waals surface area contributed by atoms with Gasteiger partial charge in [-0.15, -0.1) is 0 Å². The summed E-state index contributed by atoms with van der Waals surface area (Å²) in [5, 5.41) is 0. The third kappa shape index (κ3) is 1.77. The van der Waals surface area contributed by atoms with Crippen LogP contribution < -0.4 is 0 Å². The van der Waals surface area contributed by atoms with Crippen LogP contribution in [0.15, 0.2) is 12.3 Å². The van der Waals surface area contributed by atoms with Gasteiger partial charge in [-0.1, -0.05) is 28.9 Å². The van der Waals surface area contributed by atoms with Crippen LogP contribution >= 0.6 is 15.9 Å². The van der Waals surface area contributed by atoms with E-state index in [1.807, 2.05) is 6.20 Å². The Morgan fingerprint density at radius 3 is 2.81 bits per heavy atom. The smallest absolute Gasteiger partial charge is 0.152 e. The van der Waals surface area contributed by atoms with Gasteiger partial charge < -0.3 is 4.57 Å². The van der Waals surface area contributed by atoms with E-state index in [9.17, 15) is 4.79 Å². The van der Waals surface area contributed by atoms with Crippen molar-refractivity contribution < 1.29 is 4.79 Å². The number of fused-ring (bicyclic) bond motifs is 1. The highest BCUT2D eigenvalue weighted by molar-refractivity contribution is 9.15. The van der Waals surface area contributed by atoms with Crippen LogP contribution in [0.2, 0.25) is 0 Å². The minimum Gasteiger partial charge on any atom is -0.348 e. The molecule has 0 radical (unpaired) electrons. The van der Waals surface area contributed by atoms with Gasteiger partial charge in [0.25, 0.3) is 0 Å². The van der Waals surface area contributed by atoms with E-state index in [1.165, 1.54) is 5.69 Å². The Balaban J connectivity index is 2.64. The lowest BCUT2D eigenvalue weighted by Crippen LogP contribution is -2.11. The summed E-state index contributed by atoms with van der Waals surface area (Å²) >= 11 is 3.57. The molecule has 1 aliphatic rings. The maximum atomic E-state index is 11.1. The number of allylic oxidation sites excluding steroid dienone is 1. The van der Waals surface area contributed by atoms with Crippen LogP contribution in [0, 0.1) is 5.92 Å². The van der Waals surface area contributed by atoms with Crippen molar-refractivity contribution in [3.8, 4) is 0 Å². The molecule has 0 aromatic carbocycles. The lowest BCUT2D eigenvalue weighted by molar-refractivity contribution is 0.112. The molecule has 3 heteroatoms. The van der Waals surface area contributed by atoms with Crippen molar-refractivity contribution in [2.24, 2.45) is 5.92 Å². The molecular weight excluding hydrogens is 266 g/mol. The summed E-state index contributed by atoms with van der Waals surface area (Å²) in [6, 6.07) is 0.396. The molecule has 0 N–H and O–H groups in total. The predicted octanol–water partition coefficient (Wildman–Crippen LogP) is 3.81. The number of aldehydes is 1. The van der Waals surface area contributed by atoms with E-state index in [-0.39, 0.29) is 0 Å². The molecule has 0 saturated heterocycles. The fraction of sp³-hybridized carbons (Fsp3) is 0.462. The molecule has 0 fully saturated rings. The zero-order valence-electron chi connectivity index (χ0n) is 9.83. The third-order valence-electron chi connectivity index (χ3n) is 3.04. The van der Waals surface area contributed by atoms with Crippen LogP contribution in [0.1, 0.15) is 48.4 Å². The molecule has 1 atom stereocenters. The van der Waals surface area contributed by atoms with Gasteiger partial charge in [-0.05, 0) is 26.2 Å². The Morgan fingerprint density at radius 2 is 2.25 bits per heavy atom. The Bertz CT molecular complexity index is 457. The molecule has 0 bridgehead atoms. The molecule has 2 nitrogen and oxygen atoms in total. The highest BCUT2D eigenvalue weighted by atomic mass is 79.9. The molecule has 1 aromatic heterocycles. The number of nitrogens with zero attached hydrogens (tertiary/aromatic N) is 1. The van der Waals surface area contributed by atoms with Gasteiger partial charge in [0, 0.05) is 33.5 Å². The average molecular weight is 282 g/mol. The molecular formula is C13H16BrNO. The zero-order chi connectivity index (χ0) is 11.9. The van der Waals surface area contributed by atoms with E-state index in [1.54, 1.807) is 0 Å². The lowest BCUT2D eigenvalue weighted by atomic mass is 9.94. The van der Waals surface area contributed by atoms with E-state index in [2.05, 4.69) is 47.3 Å². The molecule has 0 saturated carbocycles. The Labute approximate surface area is 104 Å². The molecule has 1 unspecified atom stereocenters. The first kappa shape index (κ1) is 11.6. The minimum absolute atomic E-state index is 0.396. The molecule has 1 aromatic rings. The van der Waals surface area contributed by atoms with Crippen molar-refractivity contribution >= 4 is 26.7 Å². The van der Waals surface area contributed by atoms with Crippen molar-refractivity contribution in [2.75, 3.05) is 0 Å². The summed E-state index contributed by atoms with van der Waals surface area (Å²) in [4.78, 5) is 11.1. The fourth-order valence-corrected chi connectivity index (χ4v) is 3.23. The summed E-state index contributed by atoms with van der Waals surface area (Å²) in [6.07, 6.45) is 6.11. The third-order valence-corrected chi connectivity index (χ3v) is 3.70. The molecule has 0 amide bonds. The SMILES string of the molecule is CC1C=C(Br)c2c(C=O)cn(C(C)C)c2C1. The van der Waals surface area contributed by atoms with Crippen LogP contribution in [-0.2, 0) is 6.42 Å². The summed E-state index contributed by atoms with van der Waals surface area (Å²) < 4.78 is 3.27. The molecule has 16 heavy (non-hydrogen) atoms. The van der Waals surface area contributed by atoms with Gasteiger partial charge in [0.1, 0.15) is 0 Å². The standard InChI is InChI=1S/C13H16BrNO/c1-8(2)15-6-10(7-16)13-11(14)4-9(3)5-12(13)15/h4,6-9H,5H2,1-3H3. The first-order chi connectivity index (χ1) is 7.54. The quantitative estimate of drug-likeness (QED) is 0.756. The van der Waals surface area contributed by atoms with Gasteiger partial charge in [-0.2, -0.15) is 0 Å². The normalized spacial score (nSPS) is 19.6. The van der Waals surface area contributed by atoms with E-state index >= 15 is 0 Å². The summed E-state index contributed by atoms with van der Waals surface area (Å²) in [5.74, 6) is 0.522. The molecule has 86 valence electrons. The van der Waals surface area contributed by atoms with Crippen molar-refractivity contribution in [3.05, 3.63) is 29.1 Å². The topological polar surface area (TPSA) is 22.0 Å². The van der Waals surface area contributed by atoms with Gasteiger partial charge in [-0.25, -0.2) is 0 Å². The minimum atomic E-state index is 0.396. The molecule has 1 heterocycles. The maximum absolute atomic E-state index is 11.1. The highest BCUT2D eigenvalue weighted by Crippen LogP contribution is 2.37. The van der Waals surface area contributed by atoms with E-state index < -0.39 is 0 Å². The van der Waals surface area contributed by atoms with Gasteiger partial charge in [0.15, 0.2) is 6.29 Å². The molecule has 0 spiro atoms. The Kier molecular flexibility index (Phi) is 3.06. The number of rotatable bonds is 2. The van der Waals surface area contributed by atoms with E-state index in [0.29, 0.717) is 12.0 Å². The van der Waals surface area contributed by atoms with Crippen LogP contribution in [0.4, 0.5) is 0 Å². The molecule has 1 aliphatic carbocycles. The maximum Gasteiger partial charge on any atom is 0.152 e. The second-order valence-corrected chi connectivity index (χ2v) is 5.58. The van der Waals surface area contributed by atoms with Crippen molar-refractivity contribution in [1.82, 2.24) is 4.57 Å². The first-order valence-electron chi connectivity index (χ1n) is 5.61. The lowest BCUT2D eigenvalue weighted by Gasteiger charge is -2.20. The second kappa shape index (κ2) is 4.21. The molecule has 0 aliphatic heterocycles. The van der Waals surface area contributed by atoms with E-state index in [0.717, 1.165) is 28.3 Å². The predicted molar refractivity (Wildman–Crippen MR) is 70.0 cm³/mol. The zero-order valence-corrected chi connectivity index (χ0v) is 11.4. The van der Waals surface area contributed by atoms with Gasteiger partial charge >= 0.3 is 0 Å². The Hall–Kier alpha value is -0.830. The summed E-state index contributed by atoms with van der Waals surface area (Å²) in [6.45, 7) is 6.49. The summed E-state index contributed by atoms with van der Waals surface area (Å²) in [7, 11) is 0. The van der Waals surface area contributed by atoms with E-state index in [4.69, 9.17) is 0 Å². The van der Waals surface area contributed by atoms with Crippen LogP contribution in [0.3, 0.4) is 0 Å². The van der Waals surface area contributed by atoms with Gasteiger partial charge in [0.2, 0.25) is 0 Å². The van der Waals surface area contributed by atoms with Crippen LogP contribution in [0.5, 0.6) is 0 Å². The average Bonchev–Trinajstić information content (AvgIpc) is 2.56. The van der Waals surface area contributed by atoms with Gasteiger partial charge in [-0.3, -0.25) is 4.79 Å². The number of aromatic nitrogens is 1. The van der Waals surface area contributed by atoms with Crippen molar-refractivity contribution in [3.63, 3.8) is 0 Å². The summed E-state index contributed by atoms with van der Waals surface area (Å²) in [5.41, 5.74) is 3.15. The number of carbonyl (C=O) groups is 1. The Morgan fingerprint density at radius 1 is 1.56 bits per heavy atom. The number of carbonyl (C=O) groups excluding carboxylic acids is 1. The fourth-order valence-electron chi connectivity index (χ4n) is 2.32. The number of halogens is 1. The van der Waals surface area contributed by atoms with Gasteiger partial charge in [0.05, 0.1) is 0 Å². The first-order valence-corrected chi connectivity index (χ1v) is 6.40. The second-order valence-electron chi connectivity index (χ2n) is 4.72.